The topological polar surface area (TPSA) is 53.1 Å². The van der Waals surface area contributed by atoms with Crippen molar-refractivity contribution in [3.63, 3.8) is 0 Å². The van der Waals surface area contributed by atoms with Crippen molar-refractivity contribution in [2.45, 2.75) is 13.3 Å². The normalized spacial score (nSPS) is 15.1. The molecule has 0 unspecified atom stereocenters. The van der Waals surface area contributed by atoms with Gasteiger partial charge in [-0.1, -0.05) is 18.2 Å². The van der Waals surface area contributed by atoms with Crippen LogP contribution in [-0.2, 0) is 14.3 Å². The van der Waals surface area contributed by atoms with Gasteiger partial charge in [0, 0.05) is 58.8 Å². The van der Waals surface area contributed by atoms with Crippen molar-refractivity contribution in [1.82, 2.24) is 9.80 Å². The molecule has 6 heteroatoms. The fourth-order valence-corrected chi connectivity index (χ4v) is 2.71. The Balaban J connectivity index is 1.79. The highest BCUT2D eigenvalue weighted by Gasteiger charge is 2.17. The third-order valence-electron chi connectivity index (χ3n) is 4.35. The standard InChI is InChI=1S/C18H27N3O3/c1-16(22)21(11-10-20-12-14-24-15-13-20)9-8-18(23)19(2)17-6-4-3-5-7-17/h3-7H,8-15H2,1-2H3. The number of nitrogens with zero attached hydrogens (tertiary/aromatic N) is 3. The maximum atomic E-state index is 12.3. The molecule has 0 spiro atoms. The van der Waals surface area contributed by atoms with E-state index >= 15 is 0 Å². The van der Waals surface area contributed by atoms with Gasteiger partial charge in [0.1, 0.15) is 0 Å². The van der Waals surface area contributed by atoms with E-state index in [1.54, 1.807) is 23.8 Å². The van der Waals surface area contributed by atoms with Crippen LogP contribution in [0.5, 0.6) is 0 Å². The molecular weight excluding hydrogens is 306 g/mol. The van der Waals surface area contributed by atoms with Crippen LogP contribution in [-0.4, -0.2) is 74.6 Å². The van der Waals surface area contributed by atoms with E-state index in [1.165, 1.54) is 0 Å². The van der Waals surface area contributed by atoms with E-state index in [9.17, 15) is 9.59 Å². The van der Waals surface area contributed by atoms with Gasteiger partial charge in [0.25, 0.3) is 0 Å². The molecule has 0 N–H and O–H groups in total. The Morgan fingerprint density at radius 2 is 1.79 bits per heavy atom. The predicted molar refractivity (Wildman–Crippen MR) is 94.0 cm³/mol. The summed E-state index contributed by atoms with van der Waals surface area (Å²) in [6.45, 7) is 6.80. The first-order chi connectivity index (χ1) is 11.6. The molecule has 1 fully saturated rings. The highest BCUT2D eigenvalue weighted by atomic mass is 16.5. The number of morpholine rings is 1. The second-order valence-corrected chi connectivity index (χ2v) is 6.00. The van der Waals surface area contributed by atoms with Gasteiger partial charge in [0.2, 0.25) is 11.8 Å². The SMILES string of the molecule is CC(=O)N(CCC(=O)N(C)c1ccccc1)CCN1CCOCC1. The van der Waals surface area contributed by atoms with Crippen LogP contribution in [0, 0.1) is 0 Å². The molecule has 6 nitrogen and oxygen atoms in total. The number of hydrogen-bond acceptors (Lipinski definition) is 4. The molecule has 1 saturated heterocycles. The van der Waals surface area contributed by atoms with E-state index in [1.807, 2.05) is 30.3 Å². The summed E-state index contributed by atoms with van der Waals surface area (Å²) in [4.78, 5) is 29.8. The molecule has 0 saturated carbocycles. The van der Waals surface area contributed by atoms with E-state index in [0.717, 1.165) is 38.5 Å². The van der Waals surface area contributed by atoms with Gasteiger partial charge in [0.05, 0.1) is 13.2 Å². The fourth-order valence-electron chi connectivity index (χ4n) is 2.71. The summed E-state index contributed by atoms with van der Waals surface area (Å²) in [6, 6.07) is 9.54. The molecule has 0 radical (unpaired) electrons. The molecule has 1 aliphatic heterocycles. The van der Waals surface area contributed by atoms with Crippen LogP contribution in [0.15, 0.2) is 30.3 Å². The second kappa shape index (κ2) is 9.39. The highest BCUT2D eigenvalue weighted by Crippen LogP contribution is 2.12. The number of carbonyl (C=O) groups is 2. The van der Waals surface area contributed by atoms with Gasteiger partial charge in [-0.3, -0.25) is 14.5 Å². The van der Waals surface area contributed by atoms with Gasteiger partial charge in [-0.15, -0.1) is 0 Å². The summed E-state index contributed by atoms with van der Waals surface area (Å²) in [5, 5.41) is 0. The Morgan fingerprint density at radius 1 is 1.12 bits per heavy atom. The van der Waals surface area contributed by atoms with Crippen LogP contribution in [0.1, 0.15) is 13.3 Å². The smallest absolute Gasteiger partial charge is 0.228 e. The van der Waals surface area contributed by atoms with Crippen LogP contribution >= 0.6 is 0 Å². The van der Waals surface area contributed by atoms with Crippen LogP contribution in [0.2, 0.25) is 0 Å². The van der Waals surface area contributed by atoms with E-state index in [-0.39, 0.29) is 11.8 Å². The van der Waals surface area contributed by atoms with E-state index in [2.05, 4.69) is 4.90 Å². The fraction of sp³-hybridized carbons (Fsp3) is 0.556. The molecule has 1 heterocycles. The zero-order valence-electron chi connectivity index (χ0n) is 14.6. The summed E-state index contributed by atoms with van der Waals surface area (Å²) < 4.78 is 5.33. The van der Waals surface area contributed by atoms with Gasteiger partial charge >= 0.3 is 0 Å². The molecule has 1 aliphatic rings. The lowest BCUT2D eigenvalue weighted by atomic mass is 10.2. The Labute approximate surface area is 144 Å². The van der Waals surface area contributed by atoms with Gasteiger partial charge in [-0.2, -0.15) is 0 Å². The molecule has 0 aromatic heterocycles. The summed E-state index contributed by atoms with van der Waals surface area (Å²) in [7, 11) is 1.77. The van der Waals surface area contributed by atoms with Gasteiger partial charge < -0.3 is 14.5 Å². The largest absolute Gasteiger partial charge is 0.379 e. The molecule has 24 heavy (non-hydrogen) atoms. The van der Waals surface area contributed by atoms with Crippen molar-refractivity contribution in [3.8, 4) is 0 Å². The number of hydrogen-bond donors (Lipinski definition) is 0. The molecule has 2 amide bonds. The maximum Gasteiger partial charge on any atom is 0.228 e. The zero-order valence-corrected chi connectivity index (χ0v) is 14.6. The third-order valence-corrected chi connectivity index (χ3v) is 4.35. The van der Waals surface area contributed by atoms with Crippen molar-refractivity contribution < 1.29 is 14.3 Å². The van der Waals surface area contributed by atoms with Crippen molar-refractivity contribution in [3.05, 3.63) is 30.3 Å². The molecule has 0 bridgehead atoms. The highest BCUT2D eigenvalue weighted by molar-refractivity contribution is 5.93. The summed E-state index contributed by atoms with van der Waals surface area (Å²) in [5.74, 6) is 0.0252. The number of carbonyl (C=O) groups excluding carboxylic acids is 2. The quantitative estimate of drug-likeness (QED) is 0.753. The van der Waals surface area contributed by atoms with Crippen LogP contribution in [0.3, 0.4) is 0 Å². The molecule has 0 atom stereocenters. The van der Waals surface area contributed by atoms with E-state index in [4.69, 9.17) is 4.74 Å². The van der Waals surface area contributed by atoms with Crippen molar-refractivity contribution in [1.29, 1.82) is 0 Å². The Morgan fingerprint density at radius 3 is 2.42 bits per heavy atom. The number of para-hydroxylation sites is 1. The van der Waals surface area contributed by atoms with Crippen LogP contribution < -0.4 is 4.90 Å². The van der Waals surface area contributed by atoms with Crippen molar-refractivity contribution >= 4 is 17.5 Å². The molecule has 0 aliphatic carbocycles. The monoisotopic (exact) mass is 333 g/mol. The van der Waals surface area contributed by atoms with Gasteiger partial charge in [-0.25, -0.2) is 0 Å². The van der Waals surface area contributed by atoms with Crippen LogP contribution in [0.25, 0.3) is 0 Å². The number of ether oxygens (including phenoxy) is 1. The lowest BCUT2D eigenvalue weighted by molar-refractivity contribution is -0.129. The number of benzene rings is 1. The summed E-state index contributed by atoms with van der Waals surface area (Å²) >= 11 is 0. The van der Waals surface area contributed by atoms with Crippen molar-refractivity contribution in [2.24, 2.45) is 0 Å². The summed E-state index contributed by atoms with van der Waals surface area (Å²) in [6.07, 6.45) is 0.327. The first-order valence-electron chi connectivity index (χ1n) is 8.45. The average molecular weight is 333 g/mol. The second-order valence-electron chi connectivity index (χ2n) is 6.00. The lowest BCUT2D eigenvalue weighted by Crippen LogP contribution is -2.43. The Kier molecular flexibility index (Phi) is 7.21. The number of anilines is 1. The zero-order chi connectivity index (χ0) is 17.4. The van der Waals surface area contributed by atoms with Gasteiger partial charge in [-0.05, 0) is 12.1 Å². The Hall–Kier alpha value is -1.92. The first-order valence-corrected chi connectivity index (χ1v) is 8.45. The number of rotatable bonds is 7. The van der Waals surface area contributed by atoms with E-state index in [0.29, 0.717) is 19.5 Å². The predicted octanol–water partition coefficient (Wildman–Crippen LogP) is 1.22. The van der Waals surface area contributed by atoms with Crippen LogP contribution in [0.4, 0.5) is 5.69 Å². The first kappa shape index (κ1) is 18.4. The van der Waals surface area contributed by atoms with Gasteiger partial charge in [0.15, 0.2) is 0 Å². The minimum Gasteiger partial charge on any atom is -0.379 e. The summed E-state index contributed by atoms with van der Waals surface area (Å²) in [5.41, 5.74) is 0.866. The Bertz CT molecular complexity index is 530. The molecule has 132 valence electrons. The van der Waals surface area contributed by atoms with Crippen molar-refractivity contribution in [2.75, 3.05) is 57.9 Å². The van der Waals surface area contributed by atoms with E-state index < -0.39 is 0 Å². The molecule has 1 aromatic carbocycles. The molecule has 2 rings (SSSR count). The minimum atomic E-state index is 0.0124. The minimum absolute atomic E-state index is 0.0124. The molecule has 1 aromatic rings. The molecular formula is C18H27N3O3. The average Bonchev–Trinajstić information content (AvgIpc) is 2.62. The maximum absolute atomic E-state index is 12.3. The lowest BCUT2D eigenvalue weighted by Gasteiger charge is -2.30. The third kappa shape index (κ3) is 5.62. The number of amides is 2.